The van der Waals surface area contributed by atoms with Gasteiger partial charge in [-0.2, -0.15) is 5.26 Å². The molecule has 0 unspecified atom stereocenters. The van der Waals surface area contributed by atoms with E-state index in [1.165, 1.54) is 0 Å². The summed E-state index contributed by atoms with van der Waals surface area (Å²) in [5.74, 6) is -0.101. The first-order valence-electron chi connectivity index (χ1n) is 6.58. The molecule has 2 rings (SSSR count). The van der Waals surface area contributed by atoms with Gasteiger partial charge in [-0.1, -0.05) is 6.07 Å². The molecule has 2 aromatic carbocycles. The van der Waals surface area contributed by atoms with Crippen molar-refractivity contribution in [3.8, 4) is 6.07 Å². The lowest BCUT2D eigenvalue weighted by Crippen LogP contribution is -2.26. The number of nitrogens with zero attached hydrogens (tertiary/aromatic N) is 3. The van der Waals surface area contributed by atoms with Gasteiger partial charge in [-0.05, 0) is 42.5 Å². The van der Waals surface area contributed by atoms with Crippen LogP contribution in [0.4, 0.5) is 11.4 Å². The summed E-state index contributed by atoms with van der Waals surface area (Å²) in [6, 6.07) is 16.5. The molecule has 0 heterocycles. The molecule has 0 aliphatic rings. The molecule has 0 radical (unpaired) electrons. The monoisotopic (exact) mass is 279 g/mol. The van der Waals surface area contributed by atoms with E-state index in [2.05, 4.69) is 6.07 Å². The number of hydrogen-bond donors (Lipinski definition) is 0. The van der Waals surface area contributed by atoms with E-state index in [-0.39, 0.29) is 5.91 Å². The highest BCUT2D eigenvalue weighted by Crippen LogP contribution is 2.18. The number of carbonyl (C=O) groups excluding carboxylic acids is 1. The molecule has 0 N–H and O–H groups in total. The van der Waals surface area contributed by atoms with Gasteiger partial charge < -0.3 is 9.80 Å². The summed E-state index contributed by atoms with van der Waals surface area (Å²) in [4.78, 5) is 16.0. The van der Waals surface area contributed by atoms with Crippen molar-refractivity contribution in [2.75, 3.05) is 30.9 Å². The number of benzene rings is 2. The lowest BCUT2D eigenvalue weighted by atomic mass is 10.1. The first kappa shape index (κ1) is 14.6. The van der Waals surface area contributed by atoms with Crippen LogP contribution in [-0.2, 0) is 0 Å². The molecule has 4 heteroatoms. The van der Waals surface area contributed by atoms with Crippen molar-refractivity contribution < 1.29 is 4.79 Å². The summed E-state index contributed by atoms with van der Waals surface area (Å²) in [5, 5.41) is 8.92. The van der Waals surface area contributed by atoms with Crippen LogP contribution in [0.1, 0.15) is 15.9 Å². The summed E-state index contributed by atoms with van der Waals surface area (Å²) < 4.78 is 0. The molecule has 0 atom stereocenters. The van der Waals surface area contributed by atoms with Gasteiger partial charge in [0.05, 0.1) is 11.6 Å². The normalized spacial score (nSPS) is 9.81. The van der Waals surface area contributed by atoms with E-state index in [4.69, 9.17) is 5.26 Å². The Morgan fingerprint density at radius 3 is 2.24 bits per heavy atom. The zero-order valence-electron chi connectivity index (χ0n) is 12.4. The minimum absolute atomic E-state index is 0.101. The first-order valence-corrected chi connectivity index (χ1v) is 6.58. The lowest BCUT2D eigenvalue weighted by molar-refractivity contribution is 0.0993. The van der Waals surface area contributed by atoms with Crippen molar-refractivity contribution in [1.29, 1.82) is 5.26 Å². The second-order valence-corrected chi connectivity index (χ2v) is 4.97. The van der Waals surface area contributed by atoms with Crippen molar-refractivity contribution in [3.63, 3.8) is 0 Å². The summed E-state index contributed by atoms with van der Waals surface area (Å²) in [7, 11) is 5.62. The molecule has 21 heavy (non-hydrogen) atoms. The minimum atomic E-state index is -0.101. The van der Waals surface area contributed by atoms with Crippen LogP contribution >= 0.6 is 0 Å². The van der Waals surface area contributed by atoms with Crippen LogP contribution < -0.4 is 9.80 Å². The molecular weight excluding hydrogens is 262 g/mol. The van der Waals surface area contributed by atoms with Crippen LogP contribution in [-0.4, -0.2) is 27.1 Å². The fourth-order valence-electron chi connectivity index (χ4n) is 2.00. The lowest BCUT2D eigenvalue weighted by Gasteiger charge is -2.18. The number of amides is 1. The molecule has 1 amide bonds. The fourth-order valence-corrected chi connectivity index (χ4v) is 2.00. The van der Waals surface area contributed by atoms with E-state index in [1.54, 1.807) is 30.1 Å². The highest BCUT2D eigenvalue weighted by atomic mass is 16.2. The summed E-state index contributed by atoms with van der Waals surface area (Å²) in [6.45, 7) is 0. The Hall–Kier alpha value is -2.80. The van der Waals surface area contributed by atoms with Gasteiger partial charge in [0.15, 0.2) is 0 Å². The Labute approximate surface area is 124 Å². The maximum atomic E-state index is 12.5. The average molecular weight is 279 g/mol. The highest BCUT2D eigenvalue weighted by molar-refractivity contribution is 6.05. The van der Waals surface area contributed by atoms with E-state index < -0.39 is 0 Å². The summed E-state index contributed by atoms with van der Waals surface area (Å²) in [6.07, 6.45) is 0. The SMILES string of the molecule is CN(C)c1ccc(C(=O)N(C)c2cccc(C#N)c2)cc1. The molecule has 0 saturated carbocycles. The molecule has 2 aromatic rings. The van der Waals surface area contributed by atoms with E-state index >= 15 is 0 Å². The molecule has 0 saturated heterocycles. The Morgan fingerprint density at radius 2 is 1.67 bits per heavy atom. The average Bonchev–Trinajstić information content (AvgIpc) is 2.53. The van der Waals surface area contributed by atoms with E-state index in [1.807, 2.05) is 49.3 Å². The molecule has 0 bridgehead atoms. The second kappa shape index (κ2) is 6.10. The number of carbonyl (C=O) groups is 1. The Kier molecular flexibility index (Phi) is 4.24. The van der Waals surface area contributed by atoms with Crippen LogP contribution in [0.15, 0.2) is 48.5 Å². The zero-order valence-corrected chi connectivity index (χ0v) is 12.4. The van der Waals surface area contributed by atoms with Crippen molar-refractivity contribution in [3.05, 3.63) is 59.7 Å². The number of anilines is 2. The topological polar surface area (TPSA) is 47.3 Å². The Balaban J connectivity index is 2.24. The minimum Gasteiger partial charge on any atom is -0.378 e. The van der Waals surface area contributed by atoms with Gasteiger partial charge in [0.1, 0.15) is 0 Å². The van der Waals surface area contributed by atoms with E-state index in [0.717, 1.165) is 5.69 Å². The van der Waals surface area contributed by atoms with E-state index in [9.17, 15) is 4.79 Å². The zero-order chi connectivity index (χ0) is 15.4. The molecule has 106 valence electrons. The van der Waals surface area contributed by atoms with Gasteiger partial charge in [0, 0.05) is 38.1 Å². The van der Waals surface area contributed by atoms with Gasteiger partial charge in [0.25, 0.3) is 5.91 Å². The number of rotatable bonds is 3. The second-order valence-electron chi connectivity index (χ2n) is 4.97. The smallest absolute Gasteiger partial charge is 0.258 e. The quantitative estimate of drug-likeness (QED) is 0.868. The van der Waals surface area contributed by atoms with Crippen molar-refractivity contribution >= 4 is 17.3 Å². The van der Waals surface area contributed by atoms with Crippen LogP contribution in [0.5, 0.6) is 0 Å². The van der Waals surface area contributed by atoms with Crippen LogP contribution in [0.2, 0.25) is 0 Å². The summed E-state index contributed by atoms with van der Waals surface area (Å²) >= 11 is 0. The number of nitriles is 1. The highest BCUT2D eigenvalue weighted by Gasteiger charge is 2.13. The fraction of sp³-hybridized carbons (Fsp3) is 0.176. The maximum absolute atomic E-state index is 12.5. The molecule has 0 aliphatic heterocycles. The van der Waals surface area contributed by atoms with Gasteiger partial charge in [-0.3, -0.25) is 4.79 Å². The van der Waals surface area contributed by atoms with Gasteiger partial charge in [0.2, 0.25) is 0 Å². The van der Waals surface area contributed by atoms with Gasteiger partial charge in [-0.25, -0.2) is 0 Å². The summed E-state index contributed by atoms with van der Waals surface area (Å²) in [5.41, 5.74) is 2.90. The predicted molar refractivity (Wildman–Crippen MR) is 84.7 cm³/mol. The largest absolute Gasteiger partial charge is 0.378 e. The molecule has 0 spiro atoms. The Bertz CT molecular complexity index is 684. The van der Waals surface area contributed by atoms with Gasteiger partial charge >= 0.3 is 0 Å². The Morgan fingerprint density at radius 1 is 1.00 bits per heavy atom. The molecule has 0 aromatic heterocycles. The van der Waals surface area contributed by atoms with Crippen molar-refractivity contribution in [2.45, 2.75) is 0 Å². The predicted octanol–water partition coefficient (Wildman–Crippen LogP) is 2.90. The van der Waals surface area contributed by atoms with Crippen LogP contribution in [0.3, 0.4) is 0 Å². The molecule has 4 nitrogen and oxygen atoms in total. The number of hydrogen-bond acceptors (Lipinski definition) is 3. The molecular formula is C17H17N3O. The van der Waals surface area contributed by atoms with Gasteiger partial charge in [-0.15, -0.1) is 0 Å². The molecule has 0 aliphatic carbocycles. The molecule has 0 fully saturated rings. The maximum Gasteiger partial charge on any atom is 0.258 e. The third kappa shape index (κ3) is 3.21. The van der Waals surface area contributed by atoms with Crippen molar-refractivity contribution in [1.82, 2.24) is 0 Å². The van der Waals surface area contributed by atoms with Crippen molar-refractivity contribution in [2.24, 2.45) is 0 Å². The third-order valence-corrected chi connectivity index (χ3v) is 3.30. The van der Waals surface area contributed by atoms with E-state index in [0.29, 0.717) is 16.8 Å². The first-order chi connectivity index (χ1) is 10.0. The standard InChI is InChI=1S/C17H17N3O/c1-19(2)15-9-7-14(8-10-15)17(21)20(3)16-6-4-5-13(11-16)12-18/h4-11H,1-3H3. The third-order valence-electron chi connectivity index (χ3n) is 3.30. The van der Waals surface area contributed by atoms with Crippen LogP contribution in [0, 0.1) is 11.3 Å². The van der Waals surface area contributed by atoms with Crippen LogP contribution in [0.25, 0.3) is 0 Å².